The van der Waals surface area contributed by atoms with Crippen molar-refractivity contribution in [3.05, 3.63) is 38.9 Å². The number of nitrogens with one attached hydrogen (secondary N) is 1. The summed E-state index contributed by atoms with van der Waals surface area (Å²) in [7, 11) is 0. The maximum absolute atomic E-state index is 11.6. The number of rotatable bonds is 0. The van der Waals surface area contributed by atoms with Crippen molar-refractivity contribution in [1.82, 2.24) is 9.66 Å². The first-order valence-corrected chi connectivity index (χ1v) is 4.92. The third-order valence-electron chi connectivity index (χ3n) is 2.08. The van der Waals surface area contributed by atoms with Crippen LogP contribution in [-0.4, -0.2) is 15.8 Å². The molecule has 0 spiro atoms. The Morgan fingerprint density at radius 2 is 2.00 bits per heavy atom. The summed E-state index contributed by atoms with van der Waals surface area (Å²) in [4.78, 5) is 30.8. The molecule has 0 radical (unpaired) electrons. The van der Waals surface area contributed by atoms with Crippen molar-refractivity contribution in [2.75, 3.05) is 5.84 Å². The largest absolute Gasteiger partial charge is 0.373 e. The van der Waals surface area contributed by atoms with E-state index in [9.17, 15) is 4.79 Å². The SMILES string of the molecule is Cc1ccc2c(=O)n(N)c(=S)[nH]c2c1.O=C=O. The maximum atomic E-state index is 11.6. The van der Waals surface area contributed by atoms with Gasteiger partial charge in [0.1, 0.15) is 0 Å². The van der Waals surface area contributed by atoms with Crippen LogP contribution in [0.1, 0.15) is 5.56 Å². The van der Waals surface area contributed by atoms with Crippen molar-refractivity contribution in [2.24, 2.45) is 0 Å². The van der Waals surface area contributed by atoms with Gasteiger partial charge in [0.25, 0.3) is 5.56 Å². The molecule has 0 saturated heterocycles. The third-order valence-corrected chi connectivity index (χ3v) is 2.38. The van der Waals surface area contributed by atoms with Gasteiger partial charge in [-0.15, -0.1) is 0 Å². The molecule has 0 aliphatic rings. The van der Waals surface area contributed by atoms with E-state index in [0.29, 0.717) is 5.39 Å². The van der Waals surface area contributed by atoms with Crippen LogP contribution in [0, 0.1) is 11.7 Å². The van der Waals surface area contributed by atoms with Gasteiger partial charge in [0.2, 0.25) is 0 Å². The zero-order valence-electron chi connectivity index (χ0n) is 8.89. The first-order valence-electron chi connectivity index (χ1n) is 4.51. The number of hydrogen-bond donors (Lipinski definition) is 2. The van der Waals surface area contributed by atoms with E-state index in [1.54, 1.807) is 6.07 Å². The highest BCUT2D eigenvalue weighted by atomic mass is 32.1. The molecule has 0 atom stereocenters. The summed E-state index contributed by atoms with van der Waals surface area (Å²) in [5, 5.41) is 0.548. The monoisotopic (exact) mass is 251 g/mol. The Labute approximate surface area is 101 Å². The summed E-state index contributed by atoms with van der Waals surface area (Å²) in [5.74, 6) is 5.45. The second-order valence-electron chi connectivity index (χ2n) is 3.24. The second kappa shape index (κ2) is 5.20. The van der Waals surface area contributed by atoms with E-state index < -0.39 is 0 Å². The Kier molecular flexibility index (Phi) is 3.92. The van der Waals surface area contributed by atoms with E-state index >= 15 is 0 Å². The van der Waals surface area contributed by atoms with Gasteiger partial charge in [-0.05, 0) is 36.8 Å². The van der Waals surface area contributed by atoms with Crippen molar-refractivity contribution in [2.45, 2.75) is 6.92 Å². The molecule has 17 heavy (non-hydrogen) atoms. The summed E-state index contributed by atoms with van der Waals surface area (Å²) in [6, 6.07) is 5.47. The molecule has 6 nitrogen and oxygen atoms in total. The van der Waals surface area contributed by atoms with Crippen LogP contribution in [0.15, 0.2) is 23.0 Å². The topological polar surface area (TPSA) is 97.9 Å². The number of aromatic nitrogens is 2. The fourth-order valence-electron chi connectivity index (χ4n) is 1.35. The number of hydrogen-bond acceptors (Lipinski definition) is 5. The number of carbonyl (C=O) groups excluding carboxylic acids is 2. The fourth-order valence-corrected chi connectivity index (χ4v) is 1.54. The summed E-state index contributed by atoms with van der Waals surface area (Å²) >= 11 is 4.89. The lowest BCUT2D eigenvalue weighted by molar-refractivity contribution is -0.191. The molecule has 3 N–H and O–H groups in total. The molecule has 88 valence electrons. The zero-order valence-corrected chi connectivity index (χ0v) is 9.71. The Bertz CT molecular complexity index is 696. The van der Waals surface area contributed by atoms with Gasteiger partial charge in [-0.1, -0.05) is 6.07 Å². The van der Waals surface area contributed by atoms with E-state index in [1.165, 1.54) is 0 Å². The predicted molar refractivity (Wildman–Crippen MR) is 63.3 cm³/mol. The van der Waals surface area contributed by atoms with Crippen molar-refractivity contribution in [1.29, 1.82) is 0 Å². The highest BCUT2D eigenvalue weighted by Crippen LogP contribution is 2.08. The van der Waals surface area contributed by atoms with Gasteiger partial charge in [-0.25, -0.2) is 0 Å². The molecule has 1 aromatic heterocycles. The van der Waals surface area contributed by atoms with Crippen LogP contribution in [0.3, 0.4) is 0 Å². The molecular formula is C10H9N3O3S. The lowest BCUT2D eigenvalue weighted by atomic mass is 10.2. The summed E-state index contributed by atoms with van der Waals surface area (Å²) < 4.78 is 1.17. The Balaban J connectivity index is 0.000000437. The van der Waals surface area contributed by atoms with Crippen LogP contribution in [-0.2, 0) is 9.59 Å². The number of benzene rings is 1. The minimum atomic E-state index is -0.274. The minimum absolute atomic E-state index is 0.230. The molecule has 0 bridgehead atoms. The Hall–Kier alpha value is -2.24. The summed E-state index contributed by atoms with van der Waals surface area (Å²) in [6.45, 7) is 1.95. The molecule has 0 amide bonds. The van der Waals surface area contributed by atoms with Gasteiger partial charge in [0.05, 0.1) is 10.9 Å². The van der Waals surface area contributed by atoms with Crippen molar-refractivity contribution in [3.8, 4) is 0 Å². The van der Waals surface area contributed by atoms with Gasteiger partial charge in [-0.3, -0.25) is 4.79 Å². The predicted octanol–water partition coefficient (Wildman–Crippen LogP) is 0.498. The van der Waals surface area contributed by atoms with E-state index in [2.05, 4.69) is 4.98 Å². The van der Waals surface area contributed by atoms with Gasteiger partial charge >= 0.3 is 6.15 Å². The van der Waals surface area contributed by atoms with Crippen LogP contribution in [0.5, 0.6) is 0 Å². The van der Waals surface area contributed by atoms with Gasteiger partial charge in [-0.2, -0.15) is 14.3 Å². The normalized spacial score (nSPS) is 9.24. The first-order chi connectivity index (χ1) is 8.01. The lowest BCUT2D eigenvalue weighted by Crippen LogP contribution is -2.28. The van der Waals surface area contributed by atoms with E-state index in [4.69, 9.17) is 27.6 Å². The first kappa shape index (κ1) is 12.8. The number of nitrogens with zero attached hydrogens (tertiary/aromatic N) is 1. The third kappa shape index (κ3) is 2.66. The quantitative estimate of drug-likeness (QED) is 0.524. The maximum Gasteiger partial charge on any atom is 0.373 e. The molecule has 1 heterocycles. The van der Waals surface area contributed by atoms with E-state index in [0.717, 1.165) is 15.8 Å². The molecule has 2 aromatic rings. The number of nitrogen functional groups attached to an aromatic ring is 1. The Morgan fingerprint density at radius 1 is 1.41 bits per heavy atom. The van der Waals surface area contributed by atoms with Crippen LogP contribution in [0.25, 0.3) is 10.9 Å². The summed E-state index contributed by atoms with van der Waals surface area (Å²) in [5.41, 5.74) is 1.52. The van der Waals surface area contributed by atoms with Crippen molar-refractivity contribution >= 4 is 29.3 Å². The number of fused-ring (bicyclic) bond motifs is 1. The Morgan fingerprint density at radius 3 is 2.59 bits per heavy atom. The van der Waals surface area contributed by atoms with Crippen molar-refractivity contribution < 1.29 is 9.59 Å². The van der Waals surface area contributed by atoms with Gasteiger partial charge in [0, 0.05) is 0 Å². The fraction of sp³-hybridized carbons (Fsp3) is 0.100. The zero-order chi connectivity index (χ0) is 13.0. The van der Waals surface area contributed by atoms with Crippen LogP contribution >= 0.6 is 12.2 Å². The van der Waals surface area contributed by atoms with Gasteiger partial charge < -0.3 is 10.8 Å². The number of H-pyrrole nitrogens is 1. The van der Waals surface area contributed by atoms with Crippen LogP contribution in [0.4, 0.5) is 0 Å². The minimum Gasteiger partial charge on any atom is -0.334 e. The number of nitrogens with two attached hydrogens (primary N) is 1. The van der Waals surface area contributed by atoms with Crippen LogP contribution in [0.2, 0.25) is 0 Å². The smallest absolute Gasteiger partial charge is 0.334 e. The molecule has 7 heteroatoms. The number of aromatic amines is 1. The van der Waals surface area contributed by atoms with Crippen LogP contribution < -0.4 is 11.4 Å². The van der Waals surface area contributed by atoms with Gasteiger partial charge in [0.15, 0.2) is 4.77 Å². The number of aryl methyl sites for hydroxylation is 1. The highest BCUT2D eigenvalue weighted by molar-refractivity contribution is 7.71. The molecule has 2 rings (SSSR count). The molecular weight excluding hydrogens is 242 g/mol. The second-order valence-corrected chi connectivity index (χ2v) is 3.62. The molecule has 0 fully saturated rings. The molecule has 0 unspecified atom stereocenters. The van der Waals surface area contributed by atoms with E-state index in [-0.39, 0.29) is 16.5 Å². The highest BCUT2D eigenvalue weighted by Gasteiger charge is 2.02. The lowest BCUT2D eigenvalue weighted by Gasteiger charge is -2.02. The molecule has 0 aliphatic carbocycles. The molecule has 1 aromatic carbocycles. The van der Waals surface area contributed by atoms with E-state index in [1.807, 2.05) is 19.1 Å². The standard InChI is InChI=1S/C9H9N3OS.CO2/c1-5-2-3-6-7(4-5)11-9(14)12(10)8(6)13;2-1-3/h2-4H,10H2,1H3,(H,11,14);. The average molecular weight is 251 g/mol. The average Bonchev–Trinajstić information content (AvgIpc) is 2.27. The molecule has 0 aliphatic heterocycles. The summed E-state index contributed by atoms with van der Waals surface area (Å²) in [6.07, 6.45) is 0.250. The van der Waals surface area contributed by atoms with Crippen molar-refractivity contribution in [3.63, 3.8) is 0 Å². The molecule has 0 saturated carbocycles.